The number of anilines is 1. The summed E-state index contributed by atoms with van der Waals surface area (Å²) < 4.78 is 6.36. The highest BCUT2D eigenvalue weighted by Crippen LogP contribution is 2.35. The summed E-state index contributed by atoms with van der Waals surface area (Å²) in [4.78, 5) is 13.7. The fourth-order valence-corrected chi connectivity index (χ4v) is 4.36. The Hall–Kier alpha value is -1.78. The van der Waals surface area contributed by atoms with Crippen LogP contribution in [0.1, 0.15) is 112 Å². The zero-order chi connectivity index (χ0) is 24.5. The quantitative estimate of drug-likeness (QED) is 0.110. The van der Waals surface area contributed by atoms with E-state index < -0.39 is 0 Å². The van der Waals surface area contributed by atoms with Crippen LogP contribution >= 0.6 is 0 Å². The first kappa shape index (κ1) is 29.3. The van der Waals surface area contributed by atoms with Crippen molar-refractivity contribution in [3.8, 4) is 5.75 Å². The molecule has 0 heterocycles. The van der Waals surface area contributed by atoms with Gasteiger partial charge in [0.15, 0.2) is 0 Å². The zero-order valence-electron chi connectivity index (χ0n) is 22.1. The van der Waals surface area contributed by atoms with E-state index in [1.54, 1.807) is 12.1 Å². The van der Waals surface area contributed by atoms with Crippen molar-refractivity contribution in [3.63, 3.8) is 0 Å². The number of nitro groups is 1. The molecule has 0 spiro atoms. The van der Waals surface area contributed by atoms with Crippen molar-refractivity contribution in [2.24, 2.45) is 11.8 Å². The standard InChI is InChI=1S/C28H50N2O3/c1-6-11-14-15-20-29(22-24(9-4)16-12-7-2)27-21-26(30(31)32)18-19-28(27)33-23-25(10-5)17-13-8-3/h18-19,21,24-25H,6-17,20,22-23H2,1-5H3. The van der Waals surface area contributed by atoms with Gasteiger partial charge in [0, 0.05) is 25.2 Å². The molecule has 5 nitrogen and oxygen atoms in total. The molecule has 0 aliphatic heterocycles. The van der Waals surface area contributed by atoms with Crippen molar-refractivity contribution in [3.05, 3.63) is 28.3 Å². The van der Waals surface area contributed by atoms with Crippen LogP contribution in [0.2, 0.25) is 0 Å². The Morgan fingerprint density at radius 2 is 1.52 bits per heavy atom. The Bertz CT molecular complexity index is 650. The van der Waals surface area contributed by atoms with E-state index in [0.717, 1.165) is 43.8 Å². The number of hydrogen-bond acceptors (Lipinski definition) is 4. The Kier molecular flexibility index (Phi) is 15.7. The maximum Gasteiger partial charge on any atom is 0.271 e. The van der Waals surface area contributed by atoms with E-state index in [1.807, 2.05) is 6.07 Å². The Balaban J connectivity index is 3.17. The fourth-order valence-electron chi connectivity index (χ4n) is 4.36. The van der Waals surface area contributed by atoms with Crippen LogP contribution in [0.3, 0.4) is 0 Å². The van der Waals surface area contributed by atoms with Crippen molar-refractivity contribution < 1.29 is 9.66 Å². The van der Waals surface area contributed by atoms with Gasteiger partial charge >= 0.3 is 0 Å². The maximum absolute atomic E-state index is 11.6. The van der Waals surface area contributed by atoms with Gasteiger partial charge in [0.05, 0.1) is 17.2 Å². The van der Waals surface area contributed by atoms with Gasteiger partial charge in [-0.25, -0.2) is 0 Å². The lowest BCUT2D eigenvalue weighted by Crippen LogP contribution is -2.31. The SMILES string of the molecule is CCCCCCN(CC(CC)CCCC)c1cc([N+](=O)[O-])ccc1OCC(CC)CCCC. The minimum Gasteiger partial charge on any atom is -0.491 e. The Morgan fingerprint density at radius 1 is 0.879 bits per heavy atom. The van der Waals surface area contributed by atoms with Gasteiger partial charge in [-0.05, 0) is 37.2 Å². The van der Waals surface area contributed by atoms with Gasteiger partial charge in [0.25, 0.3) is 5.69 Å². The normalized spacial score (nSPS) is 13.0. The van der Waals surface area contributed by atoms with E-state index in [1.165, 1.54) is 57.8 Å². The molecule has 33 heavy (non-hydrogen) atoms. The molecule has 0 aliphatic carbocycles. The van der Waals surface area contributed by atoms with Gasteiger partial charge in [0.2, 0.25) is 0 Å². The van der Waals surface area contributed by atoms with Gasteiger partial charge in [-0.15, -0.1) is 0 Å². The molecular weight excluding hydrogens is 412 g/mol. The van der Waals surface area contributed by atoms with Crippen LogP contribution in [-0.2, 0) is 0 Å². The van der Waals surface area contributed by atoms with Crippen molar-refractivity contribution in [2.75, 3.05) is 24.6 Å². The highest BCUT2D eigenvalue weighted by Gasteiger charge is 2.21. The van der Waals surface area contributed by atoms with Crippen molar-refractivity contribution in [1.82, 2.24) is 0 Å². The van der Waals surface area contributed by atoms with Crippen LogP contribution in [-0.4, -0.2) is 24.6 Å². The van der Waals surface area contributed by atoms with Crippen LogP contribution in [0.5, 0.6) is 5.75 Å². The van der Waals surface area contributed by atoms with E-state index >= 15 is 0 Å². The highest BCUT2D eigenvalue weighted by atomic mass is 16.6. The molecule has 2 unspecified atom stereocenters. The number of unbranched alkanes of at least 4 members (excludes halogenated alkanes) is 5. The number of hydrogen-bond donors (Lipinski definition) is 0. The number of nitro benzene ring substituents is 1. The molecule has 1 aromatic carbocycles. The largest absolute Gasteiger partial charge is 0.491 e. The van der Waals surface area contributed by atoms with Crippen LogP contribution < -0.4 is 9.64 Å². The van der Waals surface area contributed by atoms with E-state index in [4.69, 9.17) is 4.74 Å². The molecular formula is C28H50N2O3. The molecule has 0 N–H and O–H groups in total. The lowest BCUT2D eigenvalue weighted by atomic mass is 9.98. The molecule has 190 valence electrons. The second kappa shape index (κ2) is 17.7. The third kappa shape index (κ3) is 11.3. The first-order valence-corrected chi connectivity index (χ1v) is 13.7. The van der Waals surface area contributed by atoms with E-state index in [0.29, 0.717) is 18.4 Å². The summed E-state index contributed by atoms with van der Waals surface area (Å²) in [5.74, 6) is 1.92. The zero-order valence-corrected chi connectivity index (χ0v) is 22.1. The third-order valence-electron chi connectivity index (χ3n) is 6.82. The summed E-state index contributed by atoms with van der Waals surface area (Å²) in [6.07, 6.45) is 14.2. The Morgan fingerprint density at radius 3 is 2.09 bits per heavy atom. The molecule has 0 amide bonds. The average molecular weight is 463 g/mol. The second-order valence-corrected chi connectivity index (χ2v) is 9.56. The van der Waals surface area contributed by atoms with Crippen LogP contribution in [0.4, 0.5) is 11.4 Å². The number of non-ortho nitro benzene ring substituents is 1. The monoisotopic (exact) mass is 462 g/mol. The summed E-state index contributed by atoms with van der Waals surface area (Å²) in [6.45, 7) is 13.7. The maximum atomic E-state index is 11.6. The number of nitrogens with zero attached hydrogens (tertiary/aromatic N) is 2. The molecule has 1 rings (SSSR count). The molecule has 1 aromatic rings. The molecule has 0 fully saturated rings. The van der Waals surface area contributed by atoms with E-state index in [9.17, 15) is 10.1 Å². The molecule has 0 saturated carbocycles. The molecule has 0 bridgehead atoms. The Labute approximate surface area is 203 Å². The first-order chi connectivity index (χ1) is 16.0. The minimum atomic E-state index is -0.285. The molecule has 2 atom stereocenters. The van der Waals surface area contributed by atoms with Crippen LogP contribution in [0.15, 0.2) is 18.2 Å². The summed E-state index contributed by atoms with van der Waals surface area (Å²) in [5.41, 5.74) is 1.05. The topological polar surface area (TPSA) is 55.6 Å². The van der Waals surface area contributed by atoms with Crippen molar-refractivity contribution >= 4 is 11.4 Å². The van der Waals surface area contributed by atoms with E-state index in [2.05, 4.69) is 39.5 Å². The molecule has 0 radical (unpaired) electrons. The van der Waals surface area contributed by atoms with Crippen molar-refractivity contribution in [1.29, 1.82) is 0 Å². The number of ether oxygens (including phenoxy) is 1. The number of rotatable bonds is 20. The van der Waals surface area contributed by atoms with Crippen molar-refractivity contribution in [2.45, 2.75) is 112 Å². The summed E-state index contributed by atoms with van der Waals surface area (Å²) in [6, 6.07) is 5.16. The predicted octanol–water partition coefficient (Wildman–Crippen LogP) is 8.79. The molecule has 0 aromatic heterocycles. The van der Waals surface area contributed by atoms with Gasteiger partial charge in [-0.1, -0.05) is 92.4 Å². The smallest absolute Gasteiger partial charge is 0.271 e. The minimum absolute atomic E-state index is 0.149. The molecule has 0 saturated heterocycles. The third-order valence-corrected chi connectivity index (χ3v) is 6.82. The first-order valence-electron chi connectivity index (χ1n) is 13.7. The molecule has 5 heteroatoms. The summed E-state index contributed by atoms with van der Waals surface area (Å²) in [7, 11) is 0. The fraction of sp³-hybridized carbons (Fsp3) is 0.786. The van der Waals surface area contributed by atoms with Gasteiger partial charge in [0.1, 0.15) is 5.75 Å². The summed E-state index contributed by atoms with van der Waals surface area (Å²) in [5, 5.41) is 11.6. The van der Waals surface area contributed by atoms with Crippen LogP contribution in [0.25, 0.3) is 0 Å². The highest BCUT2D eigenvalue weighted by molar-refractivity contribution is 5.63. The van der Waals surface area contributed by atoms with Gasteiger partial charge in [-0.2, -0.15) is 0 Å². The average Bonchev–Trinajstić information content (AvgIpc) is 2.83. The lowest BCUT2D eigenvalue weighted by molar-refractivity contribution is -0.384. The molecule has 0 aliphatic rings. The van der Waals surface area contributed by atoms with Gasteiger partial charge < -0.3 is 9.64 Å². The van der Waals surface area contributed by atoms with Crippen LogP contribution in [0, 0.1) is 22.0 Å². The lowest BCUT2D eigenvalue weighted by Gasteiger charge is -2.31. The number of benzene rings is 1. The predicted molar refractivity (Wildman–Crippen MR) is 142 cm³/mol. The van der Waals surface area contributed by atoms with E-state index in [-0.39, 0.29) is 10.6 Å². The second-order valence-electron chi connectivity index (χ2n) is 9.56. The summed E-state index contributed by atoms with van der Waals surface area (Å²) >= 11 is 0. The van der Waals surface area contributed by atoms with Gasteiger partial charge in [-0.3, -0.25) is 10.1 Å².